The van der Waals surface area contributed by atoms with Gasteiger partial charge in [-0.15, -0.1) is 10.2 Å². The van der Waals surface area contributed by atoms with E-state index in [1.807, 2.05) is 11.5 Å². The van der Waals surface area contributed by atoms with Crippen LogP contribution >= 0.6 is 0 Å². The summed E-state index contributed by atoms with van der Waals surface area (Å²) >= 11 is 0. The zero-order valence-corrected chi connectivity index (χ0v) is 7.15. The predicted molar refractivity (Wildman–Crippen MR) is 43.0 cm³/mol. The van der Waals surface area contributed by atoms with Crippen LogP contribution in [0.15, 0.2) is 6.33 Å². The topological polar surface area (TPSA) is 56.7 Å². The van der Waals surface area contributed by atoms with Crippen LogP contribution in [0.5, 0.6) is 0 Å². The lowest BCUT2D eigenvalue weighted by Crippen LogP contribution is -2.14. The van der Waals surface area contributed by atoms with Gasteiger partial charge in [0.15, 0.2) is 0 Å². The van der Waals surface area contributed by atoms with Crippen molar-refractivity contribution in [1.82, 2.24) is 14.8 Å². The van der Waals surface area contributed by atoms with E-state index in [9.17, 15) is 0 Å². The Balaban J connectivity index is 2.96. The van der Waals surface area contributed by atoms with Crippen LogP contribution < -0.4 is 5.73 Å². The van der Waals surface area contributed by atoms with Gasteiger partial charge in [-0.2, -0.15) is 0 Å². The van der Waals surface area contributed by atoms with E-state index in [-0.39, 0.29) is 6.04 Å². The Kier molecular flexibility index (Phi) is 2.24. The SMILES string of the molecule is CC(N)c1nncn1C(C)C. The first kappa shape index (κ1) is 8.20. The Morgan fingerprint density at radius 3 is 2.45 bits per heavy atom. The molecule has 0 aliphatic rings. The number of nitrogens with zero attached hydrogens (tertiary/aromatic N) is 3. The Bertz CT molecular complexity index is 204. The molecule has 2 N–H and O–H groups in total. The van der Waals surface area contributed by atoms with Crippen LogP contribution in [0.3, 0.4) is 0 Å². The molecule has 0 amide bonds. The van der Waals surface area contributed by atoms with Crippen molar-refractivity contribution in [2.75, 3.05) is 0 Å². The minimum absolute atomic E-state index is 0.0418. The average molecular weight is 154 g/mol. The van der Waals surface area contributed by atoms with Gasteiger partial charge in [-0.05, 0) is 20.8 Å². The molecule has 4 nitrogen and oxygen atoms in total. The first-order valence-corrected chi connectivity index (χ1v) is 3.78. The maximum atomic E-state index is 5.67. The molecule has 0 fully saturated rings. The maximum absolute atomic E-state index is 5.67. The van der Waals surface area contributed by atoms with Crippen molar-refractivity contribution < 1.29 is 0 Å². The van der Waals surface area contributed by atoms with Gasteiger partial charge in [-0.3, -0.25) is 0 Å². The third kappa shape index (κ3) is 1.57. The van der Waals surface area contributed by atoms with Crippen LogP contribution in [0.1, 0.15) is 38.7 Å². The van der Waals surface area contributed by atoms with E-state index in [2.05, 4.69) is 24.0 Å². The molecule has 1 atom stereocenters. The molecule has 0 aromatic carbocycles. The molecule has 4 heteroatoms. The molecular weight excluding hydrogens is 140 g/mol. The maximum Gasteiger partial charge on any atom is 0.149 e. The van der Waals surface area contributed by atoms with E-state index in [4.69, 9.17) is 5.73 Å². The molecule has 0 bridgehead atoms. The van der Waals surface area contributed by atoms with Gasteiger partial charge < -0.3 is 10.3 Å². The molecule has 1 heterocycles. The van der Waals surface area contributed by atoms with Crippen molar-refractivity contribution in [1.29, 1.82) is 0 Å². The van der Waals surface area contributed by atoms with Crippen LogP contribution in [0.2, 0.25) is 0 Å². The van der Waals surface area contributed by atoms with Crippen molar-refractivity contribution in [3.05, 3.63) is 12.2 Å². The summed E-state index contributed by atoms with van der Waals surface area (Å²) in [5.41, 5.74) is 5.67. The Hall–Kier alpha value is -0.900. The molecule has 11 heavy (non-hydrogen) atoms. The normalized spacial score (nSPS) is 13.9. The van der Waals surface area contributed by atoms with Gasteiger partial charge in [-0.1, -0.05) is 0 Å². The predicted octanol–water partition coefficient (Wildman–Crippen LogP) is 0.879. The fourth-order valence-corrected chi connectivity index (χ4v) is 0.975. The van der Waals surface area contributed by atoms with Crippen molar-refractivity contribution >= 4 is 0 Å². The average Bonchev–Trinajstić information content (AvgIpc) is 2.32. The fourth-order valence-electron chi connectivity index (χ4n) is 0.975. The lowest BCUT2D eigenvalue weighted by atomic mass is 10.3. The second kappa shape index (κ2) is 3.00. The second-order valence-electron chi connectivity index (χ2n) is 2.98. The number of rotatable bonds is 2. The standard InChI is InChI=1S/C7H14N4/c1-5(2)11-4-9-10-7(11)6(3)8/h4-6H,8H2,1-3H3. The number of hydrogen-bond donors (Lipinski definition) is 1. The highest BCUT2D eigenvalue weighted by Crippen LogP contribution is 2.11. The lowest BCUT2D eigenvalue weighted by Gasteiger charge is -2.11. The van der Waals surface area contributed by atoms with Crippen molar-refractivity contribution in [2.24, 2.45) is 5.73 Å². The number of aromatic nitrogens is 3. The molecule has 1 aromatic rings. The Morgan fingerprint density at radius 1 is 1.45 bits per heavy atom. The third-order valence-electron chi connectivity index (χ3n) is 1.56. The summed E-state index contributed by atoms with van der Waals surface area (Å²) < 4.78 is 1.98. The van der Waals surface area contributed by atoms with Crippen LogP contribution in [0, 0.1) is 0 Å². The molecule has 0 saturated heterocycles. The molecular formula is C7H14N4. The smallest absolute Gasteiger partial charge is 0.149 e. The largest absolute Gasteiger partial charge is 0.322 e. The quantitative estimate of drug-likeness (QED) is 0.688. The Labute approximate surface area is 66.4 Å². The summed E-state index contributed by atoms with van der Waals surface area (Å²) in [6.07, 6.45) is 1.71. The minimum atomic E-state index is -0.0418. The van der Waals surface area contributed by atoms with E-state index < -0.39 is 0 Å². The molecule has 0 spiro atoms. The minimum Gasteiger partial charge on any atom is -0.322 e. The van der Waals surface area contributed by atoms with Crippen molar-refractivity contribution in [3.63, 3.8) is 0 Å². The van der Waals surface area contributed by atoms with Gasteiger partial charge in [0.1, 0.15) is 12.2 Å². The zero-order chi connectivity index (χ0) is 8.43. The highest BCUT2D eigenvalue weighted by molar-refractivity contribution is 4.92. The van der Waals surface area contributed by atoms with Gasteiger partial charge in [0, 0.05) is 6.04 Å². The first-order chi connectivity index (χ1) is 5.13. The van der Waals surface area contributed by atoms with Crippen molar-refractivity contribution in [2.45, 2.75) is 32.9 Å². The summed E-state index contributed by atoms with van der Waals surface area (Å²) in [7, 11) is 0. The molecule has 0 saturated carbocycles. The summed E-state index contributed by atoms with van der Waals surface area (Å²) in [4.78, 5) is 0. The molecule has 0 radical (unpaired) electrons. The highest BCUT2D eigenvalue weighted by atomic mass is 15.3. The van der Waals surface area contributed by atoms with Crippen LogP contribution in [0.25, 0.3) is 0 Å². The van der Waals surface area contributed by atoms with E-state index in [0.29, 0.717) is 6.04 Å². The summed E-state index contributed by atoms with van der Waals surface area (Å²) in [6.45, 7) is 6.06. The van der Waals surface area contributed by atoms with Crippen LogP contribution in [-0.2, 0) is 0 Å². The summed E-state index contributed by atoms with van der Waals surface area (Å²) in [6, 6.07) is 0.339. The fraction of sp³-hybridized carbons (Fsp3) is 0.714. The number of nitrogens with two attached hydrogens (primary N) is 1. The molecule has 1 aromatic heterocycles. The third-order valence-corrected chi connectivity index (χ3v) is 1.56. The van der Waals surface area contributed by atoms with Crippen molar-refractivity contribution in [3.8, 4) is 0 Å². The highest BCUT2D eigenvalue weighted by Gasteiger charge is 2.09. The molecule has 62 valence electrons. The summed E-state index contributed by atoms with van der Waals surface area (Å²) in [5.74, 6) is 0.847. The van der Waals surface area contributed by atoms with Gasteiger partial charge in [0.2, 0.25) is 0 Å². The second-order valence-corrected chi connectivity index (χ2v) is 2.98. The van der Waals surface area contributed by atoms with Crippen LogP contribution in [-0.4, -0.2) is 14.8 Å². The molecule has 1 rings (SSSR count). The zero-order valence-electron chi connectivity index (χ0n) is 7.15. The first-order valence-electron chi connectivity index (χ1n) is 3.78. The van der Waals surface area contributed by atoms with Gasteiger partial charge in [-0.25, -0.2) is 0 Å². The number of hydrogen-bond acceptors (Lipinski definition) is 3. The molecule has 0 aliphatic heterocycles. The van der Waals surface area contributed by atoms with Gasteiger partial charge in [0.05, 0.1) is 6.04 Å². The monoisotopic (exact) mass is 154 g/mol. The summed E-state index contributed by atoms with van der Waals surface area (Å²) in [5, 5.41) is 7.72. The van der Waals surface area contributed by atoms with E-state index in [1.165, 1.54) is 0 Å². The lowest BCUT2D eigenvalue weighted by molar-refractivity contribution is 0.543. The van der Waals surface area contributed by atoms with Crippen LogP contribution in [0.4, 0.5) is 0 Å². The van der Waals surface area contributed by atoms with E-state index >= 15 is 0 Å². The Morgan fingerprint density at radius 2 is 2.09 bits per heavy atom. The molecule has 1 unspecified atom stereocenters. The van der Waals surface area contributed by atoms with Gasteiger partial charge in [0.25, 0.3) is 0 Å². The van der Waals surface area contributed by atoms with E-state index in [0.717, 1.165) is 5.82 Å². The van der Waals surface area contributed by atoms with Gasteiger partial charge >= 0.3 is 0 Å². The molecule has 0 aliphatic carbocycles. The van der Waals surface area contributed by atoms with E-state index in [1.54, 1.807) is 6.33 Å².